The van der Waals surface area contributed by atoms with Crippen LogP contribution in [-0.4, -0.2) is 47.9 Å². The molecule has 0 saturated carbocycles. The van der Waals surface area contributed by atoms with Crippen LogP contribution in [0.5, 0.6) is 0 Å². The molecule has 2 N–H and O–H groups in total. The summed E-state index contributed by atoms with van der Waals surface area (Å²) in [5, 5.41) is 11.8. The zero-order valence-electron chi connectivity index (χ0n) is 12.5. The van der Waals surface area contributed by atoms with Gasteiger partial charge in [0.15, 0.2) is 5.78 Å². The number of ketones is 1. The monoisotopic (exact) mass is 290 g/mol. The summed E-state index contributed by atoms with van der Waals surface area (Å²) in [6.45, 7) is 3.28. The molecule has 1 aliphatic heterocycles. The molecule has 1 fully saturated rings. The van der Waals surface area contributed by atoms with Gasteiger partial charge < -0.3 is 15.3 Å². The minimum atomic E-state index is -1.07. The van der Waals surface area contributed by atoms with Crippen molar-refractivity contribution in [2.24, 2.45) is 5.92 Å². The van der Waals surface area contributed by atoms with E-state index in [1.807, 2.05) is 0 Å². The van der Waals surface area contributed by atoms with Gasteiger partial charge in [-0.1, -0.05) is 12.1 Å². The molecule has 1 amide bonds. The minimum absolute atomic E-state index is 0.0592. The number of Topliss-reactive ketones (excluding diaryl/α,β-unsaturated/α-hetero) is 1. The second kappa shape index (κ2) is 6.83. The van der Waals surface area contributed by atoms with Crippen LogP contribution in [0.4, 0.5) is 5.69 Å². The fourth-order valence-electron chi connectivity index (χ4n) is 2.50. The predicted molar refractivity (Wildman–Crippen MR) is 81.3 cm³/mol. The Hall–Kier alpha value is -1.72. The number of rotatable bonds is 4. The molecule has 5 heteroatoms. The van der Waals surface area contributed by atoms with E-state index in [-0.39, 0.29) is 11.7 Å². The lowest BCUT2D eigenvalue weighted by Gasteiger charge is -2.28. The predicted octanol–water partition coefficient (Wildman–Crippen LogP) is 1.53. The molecular formula is C16H22N2O3. The van der Waals surface area contributed by atoms with Crippen molar-refractivity contribution in [3.63, 3.8) is 0 Å². The van der Waals surface area contributed by atoms with Crippen LogP contribution in [0, 0.1) is 5.92 Å². The Kier molecular flexibility index (Phi) is 5.09. The standard InChI is InChI=1S/C16H22N2O3/c1-11(19)16(21)17-14-5-3-4-13(10-14)15(20)12-6-8-18(2)9-7-12/h3-5,10-12,19H,6-9H2,1-2H3,(H,17,21)/t11-/m1/s1. The number of amides is 1. The number of carbonyl (C=O) groups is 2. The maximum Gasteiger partial charge on any atom is 0.252 e. The molecule has 1 heterocycles. The maximum absolute atomic E-state index is 12.5. The Balaban J connectivity index is 2.06. The number of aliphatic hydroxyl groups excluding tert-OH is 1. The fourth-order valence-corrected chi connectivity index (χ4v) is 2.50. The summed E-state index contributed by atoms with van der Waals surface area (Å²) < 4.78 is 0. The van der Waals surface area contributed by atoms with Crippen LogP contribution in [-0.2, 0) is 4.79 Å². The largest absolute Gasteiger partial charge is 0.384 e. The molecule has 0 unspecified atom stereocenters. The molecule has 5 nitrogen and oxygen atoms in total. The third-order valence-corrected chi connectivity index (χ3v) is 3.88. The lowest BCUT2D eigenvalue weighted by atomic mass is 9.89. The molecule has 1 aliphatic rings. The Bertz CT molecular complexity index is 520. The summed E-state index contributed by atoms with van der Waals surface area (Å²) in [6, 6.07) is 6.92. The van der Waals surface area contributed by atoms with Crippen molar-refractivity contribution in [3.05, 3.63) is 29.8 Å². The normalized spacial score (nSPS) is 18.2. The van der Waals surface area contributed by atoms with Crippen molar-refractivity contribution in [2.75, 3.05) is 25.5 Å². The molecular weight excluding hydrogens is 268 g/mol. The van der Waals surface area contributed by atoms with Gasteiger partial charge in [0, 0.05) is 17.2 Å². The molecule has 21 heavy (non-hydrogen) atoms. The fraction of sp³-hybridized carbons (Fsp3) is 0.500. The number of aliphatic hydroxyl groups is 1. The van der Waals surface area contributed by atoms with Gasteiger partial charge in [-0.2, -0.15) is 0 Å². The molecule has 1 atom stereocenters. The molecule has 1 saturated heterocycles. The average Bonchev–Trinajstić information content (AvgIpc) is 2.47. The number of hydrogen-bond donors (Lipinski definition) is 2. The Morgan fingerprint density at radius 2 is 2.00 bits per heavy atom. The second-order valence-corrected chi connectivity index (χ2v) is 5.69. The lowest BCUT2D eigenvalue weighted by molar-refractivity contribution is -0.123. The van der Waals surface area contributed by atoms with Gasteiger partial charge in [0.2, 0.25) is 0 Å². The lowest BCUT2D eigenvalue weighted by Crippen LogP contribution is -2.33. The third kappa shape index (κ3) is 4.12. The summed E-state index contributed by atoms with van der Waals surface area (Å²) in [5.41, 5.74) is 1.16. The number of piperidine rings is 1. The molecule has 1 aromatic carbocycles. The van der Waals surface area contributed by atoms with E-state index < -0.39 is 12.0 Å². The van der Waals surface area contributed by atoms with Gasteiger partial charge in [-0.3, -0.25) is 9.59 Å². The maximum atomic E-state index is 12.5. The van der Waals surface area contributed by atoms with E-state index in [1.165, 1.54) is 6.92 Å². The molecule has 2 rings (SSSR count). The first-order valence-electron chi connectivity index (χ1n) is 7.29. The molecule has 0 spiro atoms. The number of anilines is 1. The number of likely N-dealkylation sites (tertiary alicyclic amines) is 1. The zero-order chi connectivity index (χ0) is 15.4. The van der Waals surface area contributed by atoms with Gasteiger partial charge in [-0.25, -0.2) is 0 Å². The second-order valence-electron chi connectivity index (χ2n) is 5.69. The van der Waals surface area contributed by atoms with E-state index in [2.05, 4.69) is 17.3 Å². The van der Waals surface area contributed by atoms with Crippen LogP contribution in [0.1, 0.15) is 30.1 Å². The van der Waals surface area contributed by atoms with E-state index in [4.69, 9.17) is 0 Å². The van der Waals surface area contributed by atoms with Crippen molar-refractivity contribution >= 4 is 17.4 Å². The van der Waals surface area contributed by atoms with E-state index in [9.17, 15) is 14.7 Å². The van der Waals surface area contributed by atoms with E-state index >= 15 is 0 Å². The summed E-state index contributed by atoms with van der Waals surface area (Å²) in [7, 11) is 2.06. The SMILES string of the molecule is C[C@@H](O)C(=O)Nc1cccc(C(=O)C2CCN(C)CC2)c1. The van der Waals surface area contributed by atoms with Crippen molar-refractivity contribution in [1.82, 2.24) is 4.90 Å². The van der Waals surface area contributed by atoms with Crippen molar-refractivity contribution in [2.45, 2.75) is 25.9 Å². The van der Waals surface area contributed by atoms with Crippen LogP contribution >= 0.6 is 0 Å². The van der Waals surface area contributed by atoms with Crippen molar-refractivity contribution < 1.29 is 14.7 Å². The van der Waals surface area contributed by atoms with Gasteiger partial charge in [0.1, 0.15) is 6.10 Å². The smallest absolute Gasteiger partial charge is 0.252 e. The van der Waals surface area contributed by atoms with Gasteiger partial charge in [-0.05, 0) is 52.0 Å². The zero-order valence-corrected chi connectivity index (χ0v) is 12.5. The first-order valence-corrected chi connectivity index (χ1v) is 7.29. The van der Waals surface area contributed by atoms with Crippen molar-refractivity contribution in [1.29, 1.82) is 0 Å². The highest BCUT2D eigenvalue weighted by atomic mass is 16.3. The van der Waals surface area contributed by atoms with Gasteiger partial charge in [0.05, 0.1) is 0 Å². The number of carbonyl (C=O) groups excluding carboxylic acids is 2. The topological polar surface area (TPSA) is 69.6 Å². The molecule has 0 aliphatic carbocycles. The van der Waals surface area contributed by atoms with E-state index in [0.717, 1.165) is 25.9 Å². The number of hydrogen-bond acceptors (Lipinski definition) is 4. The summed E-state index contributed by atoms with van der Waals surface area (Å²) in [4.78, 5) is 26.2. The van der Waals surface area contributed by atoms with Crippen LogP contribution in [0.2, 0.25) is 0 Å². The quantitative estimate of drug-likeness (QED) is 0.825. The summed E-state index contributed by atoms with van der Waals surface area (Å²) >= 11 is 0. The van der Waals surface area contributed by atoms with Crippen LogP contribution in [0.15, 0.2) is 24.3 Å². The average molecular weight is 290 g/mol. The summed E-state index contributed by atoms with van der Waals surface area (Å²) in [6.07, 6.45) is 0.678. The highest BCUT2D eigenvalue weighted by Gasteiger charge is 2.24. The molecule has 0 aromatic heterocycles. The first kappa shape index (κ1) is 15.7. The minimum Gasteiger partial charge on any atom is -0.384 e. The number of nitrogens with zero attached hydrogens (tertiary/aromatic N) is 1. The van der Waals surface area contributed by atoms with Gasteiger partial charge in [-0.15, -0.1) is 0 Å². The highest BCUT2D eigenvalue weighted by molar-refractivity contribution is 6.00. The molecule has 0 bridgehead atoms. The molecule has 0 radical (unpaired) electrons. The van der Waals surface area contributed by atoms with Gasteiger partial charge >= 0.3 is 0 Å². The van der Waals surface area contributed by atoms with Crippen molar-refractivity contribution in [3.8, 4) is 0 Å². The molecule has 114 valence electrons. The first-order chi connectivity index (χ1) is 9.97. The number of nitrogens with one attached hydrogen (secondary N) is 1. The van der Waals surface area contributed by atoms with E-state index in [0.29, 0.717) is 11.3 Å². The highest BCUT2D eigenvalue weighted by Crippen LogP contribution is 2.22. The van der Waals surface area contributed by atoms with Crippen LogP contribution in [0.25, 0.3) is 0 Å². The summed E-state index contributed by atoms with van der Waals surface area (Å²) in [5.74, 6) is -0.279. The van der Waals surface area contributed by atoms with Gasteiger partial charge in [0.25, 0.3) is 5.91 Å². The Morgan fingerprint density at radius 3 is 2.62 bits per heavy atom. The van der Waals surface area contributed by atoms with Crippen LogP contribution < -0.4 is 5.32 Å². The molecule has 1 aromatic rings. The third-order valence-electron chi connectivity index (χ3n) is 3.88. The Labute approximate surface area is 125 Å². The van der Waals surface area contributed by atoms with E-state index in [1.54, 1.807) is 24.3 Å². The Morgan fingerprint density at radius 1 is 1.33 bits per heavy atom. The number of benzene rings is 1. The van der Waals surface area contributed by atoms with Crippen LogP contribution in [0.3, 0.4) is 0 Å².